The molecule has 0 atom stereocenters. The summed E-state index contributed by atoms with van der Waals surface area (Å²) in [6.07, 6.45) is 2.52. The van der Waals surface area contributed by atoms with Gasteiger partial charge in [-0.2, -0.15) is 0 Å². The lowest BCUT2D eigenvalue weighted by molar-refractivity contribution is 0.234. The van der Waals surface area contributed by atoms with Gasteiger partial charge in [-0.25, -0.2) is 0 Å². The van der Waals surface area contributed by atoms with Crippen molar-refractivity contribution in [3.8, 4) is 0 Å². The van der Waals surface area contributed by atoms with E-state index in [9.17, 15) is 0 Å². The summed E-state index contributed by atoms with van der Waals surface area (Å²) in [7, 11) is 0. The summed E-state index contributed by atoms with van der Waals surface area (Å²) in [5.41, 5.74) is 0. The van der Waals surface area contributed by atoms with Gasteiger partial charge in [0.15, 0.2) is 0 Å². The number of aliphatic hydroxyl groups excluding tert-OH is 1. The zero-order valence-electron chi connectivity index (χ0n) is 5.29. The van der Waals surface area contributed by atoms with Gasteiger partial charge in [0.25, 0.3) is 0 Å². The Bertz CT molecular complexity index is 85.0. The summed E-state index contributed by atoms with van der Waals surface area (Å²) in [5, 5.41) is 8.32. The van der Waals surface area contributed by atoms with Crippen LogP contribution in [0.4, 0.5) is 0 Å². The fourth-order valence-corrected chi connectivity index (χ4v) is 0.563. The van der Waals surface area contributed by atoms with Gasteiger partial charge >= 0.3 is 0 Å². The highest BCUT2D eigenvalue weighted by Crippen LogP contribution is 1.99. The number of thioether (sulfide) groups is 1. The van der Waals surface area contributed by atoms with Crippen LogP contribution in [0.3, 0.4) is 0 Å². The van der Waals surface area contributed by atoms with Crippen LogP contribution in [0.25, 0.3) is 0 Å². The summed E-state index contributed by atoms with van der Waals surface area (Å²) >= 11 is 6.13. The highest BCUT2D eigenvalue weighted by atomic mass is 32.2. The highest BCUT2D eigenvalue weighted by molar-refractivity contribution is 8.22. The van der Waals surface area contributed by atoms with Crippen molar-refractivity contribution in [2.75, 3.05) is 19.5 Å². The van der Waals surface area contributed by atoms with E-state index in [4.69, 9.17) is 22.1 Å². The van der Waals surface area contributed by atoms with Crippen LogP contribution in [0.1, 0.15) is 6.42 Å². The lowest BCUT2D eigenvalue weighted by atomic mass is 10.5. The summed E-state index contributed by atoms with van der Waals surface area (Å²) in [6.45, 7) is 0.688. The molecule has 0 unspecified atom stereocenters. The number of hydrogen-bond donors (Lipinski definition) is 1. The first-order valence-electron chi connectivity index (χ1n) is 2.63. The molecule has 2 nitrogen and oxygen atoms in total. The highest BCUT2D eigenvalue weighted by Gasteiger charge is 1.91. The second kappa shape index (κ2) is 6.32. The normalized spacial score (nSPS) is 9.11. The van der Waals surface area contributed by atoms with Crippen LogP contribution < -0.4 is 0 Å². The zero-order chi connectivity index (χ0) is 7.11. The number of aliphatic hydroxyl groups is 1. The van der Waals surface area contributed by atoms with E-state index in [-0.39, 0.29) is 6.61 Å². The molecule has 1 N–H and O–H groups in total. The average molecular weight is 166 g/mol. The summed E-state index contributed by atoms with van der Waals surface area (Å²) in [6, 6.07) is 0. The van der Waals surface area contributed by atoms with E-state index in [1.54, 1.807) is 0 Å². The van der Waals surface area contributed by atoms with Gasteiger partial charge in [-0.15, -0.1) is 0 Å². The number of ether oxygens (including phenoxy) is 1. The molecule has 0 aliphatic rings. The van der Waals surface area contributed by atoms with Crippen molar-refractivity contribution in [1.82, 2.24) is 0 Å². The predicted molar refractivity (Wildman–Crippen MR) is 43.8 cm³/mol. The monoisotopic (exact) mass is 166 g/mol. The van der Waals surface area contributed by atoms with Crippen molar-refractivity contribution in [3.63, 3.8) is 0 Å². The molecule has 0 aromatic heterocycles. The molecular formula is C5H10O2S2. The third-order valence-corrected chi connectivity index (χ3v) is 1.76. The molecule has 4 heteroatoms. The molecule has 0 aliphatic carbocycles. The molecule has 0 heterocycles. The van der Waals surface area contributed by atoms with E-state index in [1.807, 2.05) is 6.26 Å². The Morgan fingerprint density at radius 1 is 1.78 bits per heavy atom. The fraction of sp³-hybridized carbons (Fsp3) is 0.800. The molecule has 0 aliphatic heterocycles. The van der Waals surface area contributed by atoms with Crippen LogP contribution >= 0.6 is 24.0 Å². The van der Waals surface area contributed by atoms with Gasteiger partial charge in [-0.1, -0.05) is 11.8 Å². The molecule has 0 fully saturated rings. The minimum atomic E-state index is 0.164. The van der Waals surface area contributed by atoms with E-state index < -0.39 is 0 Å². The maximum atomic E-state index is 8.32. The lowest BCUT2D eigenvalue weighted by Gasteiger charge is -2.01. The van der Waals surface area contributed by atoms with Crippen molar-refractivity contribution in [2.24, 2.45) is 0 Å². The van der Waals surface area contributed by atoms with Gasteiger partial charge in [0, 0.05) is 13.0 Å². The molecule has 0 spiro atoms. The average Bonchev–Trinajstić information content (AvgIpc) is 1.89. The Balaban J connectivity index is 2.97. The molecule has 54 valence electrons. The van der Waals surface area contributed by atoms with E-state index in [2.05, 4.69) is 0 Å². The van der Waals surface area contributed by atoms with Crippen molar-refractivity contribution >= 4 is 28.4 Å². The van der Waals surface area contributed by atoms with E-state index in [1.165, 1.54) is 11.8 Å². The molecule has 0 bridgehead atoms. The van der Waals surface area contributed by atoms with Gasteiger partial charge < -0.3 is 9.84 Å². The maximum absolute atomic E-state index is 8.32. The number of thiocarbonyl (C=S) groups is 1. The minimum Gasteiger partial charge on any atom is -0.479 e. The van der Waals surface area contributed by atoms with E-state index >= 15 is 0 Å². The van der Waals surface area contributed by atoms with Gasteiger partial charge in [0.05, 0.1) is 6.61 Å². The predicted octanol–water partition coefficient (Wildman–Crippen LogP) is 1.03. The lowest BCUT2D eigenvalue weighted by Crippen LogP contribution is -1.99. The van der Waals surface area contributed by atoms with E-state index in [0.29, 0.717) is 17.4 Å². The molecule has 0 amide bonds. The van der Waals surface area contributed by atoms with Crippen LogP contribution in [0, 0.1) is 0 Å². The van der Waals surface area contributed by atoms with Gasteiger partial charge in [-0.3, -0.25) is 0 Å². The Kier molecular flexibility index (Phi) is 6.46. The summed E-state index contributed by atoms with van der Waals surface area (Å²) in [4.78, 5) is 0. The molecule has 9 heavy (non-hydrogen) atoms. The van der Waals surface area contributed by atoms with Gasteiger partial charge in [0.2, 0.25) is 4.38 Å². The molecule has 0 rings (SSSR count). The zero-order valence-corrected chi connectivity index (χ0v) is 6.93. The summed E-state index contributed by atoms with van der Waals surface area (Å²) < 4.78 is 5.51. The Morgan fingerprint density at radius 3 is 2.89 bits per heavy atom. The van der Waals surface area contributed by atoms with Gasteiger partial charge in [-0.05, 0) is 18.5 Å². The van der Waals surface area contributed by atoms with E-state index in [0.717, 1.165) is 0 Å². The minimum absolute atomic E-state index is 0.164. The molecule has 0 aromatic carbocycles. The van der Waals surface area contributed by atoms with Crippen molar-refractivity contribution in [1.29, 1.82) is 0 Å². The SMILES string of the molecule is CSC(=S)OCCCO. The third kappa shape index (κ3) is 6.08. The first kappa shape index (κ1) is 9.20. The van der Waals surface area contributed by atoms with Crippen molar-refractivity contribution < 1.29 is 9.84 Å². The Morgan fingerprint density at radius 2 is 2.44 bits per heavy atom. The fourth-order valence-electron chi connectivity index (χ4n) is 0.279. The van der Waals surface area contributed by atoms with Crippen LogP contribution in [0.2, 0.25) is 0 Å². The second-order valence-corrected chi connectivity index (χ2v) is 2.79. The van der Waals surface area contributed by atoms with Gasteiger partial charge in [0.1, 0.15) is 0 Å². The third-order valence-electron chi connectivity index (χ3n) is 0.689. The molecule has 0 saturated heterocycles. The molecule has 0 saturated carbocycles. The van der Waals surface area contributed by atoms with Crippen LogP contribution in [-0.4, -0.2) is 29.0 Å². The smallest absolute Gasteiger partial charge is 0.219 e. The second-order valence-electron chi connectivity index (χ2n) is 1.38. The largest absolute Gasteiger partial charge is 0.479 e. The first-order valence-corrected chi connectivity index (χ1v) is 4.26. The first-order chi connectivity index (χ1) is 4.31. The topological polar surface area (TPSA) is 29.5 Å². The summed E-state index contributed by atoms with van der Waals surface area (Å²) in [5.74, 6) is 0. The number of rotatable bonds is 3. The van der Waals surface area contributed by atoms with Crippen LogP contribution in [0.5, 0.6) is 0 Å². The molecular weight excluding hydrogens is 156 g/mol. The maximum Gasteiger partial charge on any atom is 0.219 e. The van der Waals surface area contributed by atoms with Crippen LogP contribution in [-0.2, 0) is 4.74 Å². The molecule has 0 radical (unpaired) electrons. The standard InChI is InChI=1S/C5H10O2S2/c1-9-5(8)7-4-2-3-6/h6H,2-4H2,1H3. The van der Waals surface area contributed by atoms with Crippen LogP contribution in [0.15, 0.2) is 0 Å². The Labute approximate surface area is 64.6 Å². The van der Waals surface area contributed by atoms with Crippen molar-refractivity contribution in [2.45, 2.75) is 6.42 Å². The van der Waals surface area contributed by atoms with Crippen molar-refractivity contribution in [3.05, 3.63) is 0 Å². The molecule has 0 aromatic rings. The number of hydrogen-bond acceptors (Lipinski definition) is 4. The quantitative estimate of drug-likeness (QED) is 0.501. The Hall–Kier alpha value is 0.200.